The maximum Gasteiger partial charge on any atom is 0.335 e. The molecule has 0 radical (unpaired) electrons. The molecule has 2 N–H and O–H groups in total. The van der Waals surface area contributed by atoms with Crippen LogP contribution in [0, 0.1) is 24.7 Å². The van der Waals surface area contributed by atoms with Crippen molar-refractivity contribution in [2.75, 3.05) is 13.2 Å². The fraction of sp³-hybridized carbons (Fsp3) is 0.217. The summed E-state index contributed by atoms with van der Waals surface area (Å²) in [5.41, 5.74) is 0.491. The molecule has 6 heteroatoms. The van der Waals surface area contributed by atoms with Gasteiger partial charge in [0.25, 0.3) is 0 Å². The Labute approximate surface area is 169 Å². The predicted molar refractivity (Wildman–Crippen MR) is 108 cm³/mol. The highest BCUT2D eigenvalue weighted by molar-refractivity contribution is 5.89. The number of terminal acetylenes is 2. The number of rotatable bonds is 8. The summed E-state index contributed by atoms with van der Waals surface area (Å²) in [7, 11) is 0. The molecule has 0 saturated heterocycles. The van der Waals surface area contributed by atoms with Crippen LogP contribution in [0.4, 0.5) is 0 Å². The second kappa shape index (κ2) is 8.86. The van der Waals surface area contributed by atoms with E-state index in [9.17, 15) is 19.8 Å². The van der Waals surface area contributed by atoms with Crippen molar-refractivity contribution in [1.82, 2.24) is 0 Å². The molecule has 0 spiro atoms. The van der Waals surface area contributed by atoms with Crippen LogP contribution in [0.15, 0.2) is 36.4 Å². The van der Waals surface area contributed by atoms with Crippen molar-refractivity contribution in [3.8, 4) is 36.2 Å². The summed E-state index contributed by atoms with van der Waals surface area (Å²) < 4.78 is 10.8. The summed E-state index contributed by atoms with van der Waals surface area (Å²) in [6.45, 7) is 3.65. The molecule has 0 aromatic heterocycles. The zero-order valence-corrected chi connectivity index (χ0v) is 16.1. The van der Waals surface area contributed by atoms with E-state index in [1.54, 1.807) is 12.1 Å². The Bertz CT molecular complexity index is 939. The van der Waals surface area contributed by atoms with E-state index in [4.69, 9.17) is 22.3 Å². The fourth-order valence-corrected chi connectivity index (χ4v) is 2.75. The van der Waals surface area contributed by atoms with E-state index in [2.05, 4.69) is 11.8 Å². The summed E-state index contributed by atoms with van der Waals surface area (Å²) >= 11 is 0. The molecule has 0 atom stereocenters. The Kier molecular flexibility index (Phi) is 6.54. The van der Waals surface area contributed by atoms with Crippen LogP contribution < -0.4 is 9.47 Å². The molecule has 0 aliphatic rings. The number of carbonyl (C=O) groups is 2. The van der Waals surface area contributed by atoms with Crippen molar-refractivity contribution in [3.05, 3.63) is 58.7 Å². The Hall–Kier alpha value is -3.90. The average molecular weight is 392 g/mol. The first kappa shape index (κ1) is 21.4. The summed E-state index contributed by atoms with van der Waals surface area (Å²) in [5.74, 6) is 3.05. The van der Waals surface area contributed by atoms with Crippen molar-refractivity contribution in [1.29, 1.82) is 0 Å². The maximum absolute atomic E-state index is 11.5. The molecule has 0 unspecified atom stereocenters. The highest BCUT2D eigenvalue weighted by atomic mass is 16.5. The third-order valence-corrected chi connectivity index (χ3v) is 4.39. The molecule has 0 amide bonds. The quantitative estimate of drug-likeness (QED) is 0.669. The lowest BCUT2D eigenvalue weighted by Crippen LogP contribution is -2.21. The van der Waals surface area contributed by atoms with Crippen LogP contribution in [0.25, 0.3) is 0 Å². The normalized spacial score (nSPS) is 10.5. The van der Waals surface area contributed by atoms with Gasteiger partial charge in [0, 0.05) is 5.41 Å². The van der Waals surface area contributed by atoms with Crippen molar-refractivity contribution in [2.45, 2.75) is 19.3 Å². The van der Waals surface area contributed by atoms with E-state index in [1.807, 2.05) is 13.8 Å². The van der Waals surface area contributed by atoms with Gasteiger partial charge in [-0.3, -0.25) is 0 Å². The van der Waals surface area contributed by atoms with Crippen LogP contribution in [-0.4, -0.2) is 35.4 Å². The van der Waals surface area contributed by atoms with Gasteiger partial charge in [0.1, 0.15) is 24.7 Å². The molecule has 2 aromatic carbocycles. The average Bonchev–Trinajstić information content (AvgIpc) is 2.70. The monoisotopic (exact) mass is 392 g/mol. The minimum atomic E-state index is -1.12. The molecule has 0 bridgehead atoms. The zero-order chi connectivity index (χ0) is 21.6. The van der Waals surface area contributed by atoms with Gasteiger partial charge >= 0.3 is 11.9 Å². The number of carboxylic acid groups (broad SMARTS) is 2. The molecule has 0 aliphatic carbocycles. The third kappa shape index (κ3) is 5.09. The molecule has 0 saturated carbocycles. The molecular formula is C23H20O6. The van der Waals surface area contributed by atoms with Gasteiger partial charge in [0.05, 0.1) is 11.1 Å². The summed E-state index contributed by atoms with van der Waals surface area (Å²) in [6, 6.07) is 9.15. The molecule has 0 fully saturated rings. The minimum absolute atomic E-state index is 0.0124. The lowest BCUT2D eigenvalue weighted by atomic mass is 9.77. The number of hydrogen-bond acceptors (Lipinski definition) is 4. The second-order valence-corrected chi connectivity index (χ2v) is 6.71. The van der Waals surface area contributed by atoms with Gasteiger partial charge in [-0.2, -0.15) is 0 Å². The van der Waals surface area contributed by atoms with Gasteiger partial charge in [0.2, 0.25) is 0 Å². The van der Waals surface area contributed by atoms with E-state index in [0.717, 1.165) is 0 Å². The van der Waals surface area contributed by atoms with Gasteiger partial charge < -0.3 is 19.7 Å². The molecule has 29 heavy (non-hydrogen) atoms. The minimum Gasteiger partial charge on any atom is -0.481 e. The SMILES string of the molecule is C#CCOc1cc(C(=O)O)cc(C(C)(C)c2cc(OCC#C)cc(C(=O)O)c2)c1. The van der Waals surface area contributed by atoms with Crippen molar-refractivity contribution in [3.63, 3.8) is 0 Å². The maximum atomic E-state index is 11.5. The van der Waals surface area contributed by atoms with Gasteiger partial charge in [-0.25, -0.2) is 9.59 Å². The largest absolute Gasteiger partial charge is 0.481 e. The van der Waals surface area contributed by atoms with Crippen molar-refractivity contribution in [2.24, 2.45) is 0 Å². The van der Waals surface area contributed by atoms with Crippen LogP contribution in [0.3, 0.4) is 0 Å². The highest BCUT2D eigenvalue weighted by Crippen LogP contribution is 2.36. The van der Waals surface area contributed by atoms with Crippen molar-refractivity contribution >= 4 is 11.9 Å². The number of ether oxygens (including phenoxy) is 2. The topological polar surface area (TPSA) is 93.1 Å². The van der Waals surface area contributed by atoms with E-state index < -0.39 is 17.4 Å². The lowest BCUT2D eigenvalue weighted by Gasteiger charge is -2.28. The molecular weight excluding hydrogens is 372 g/mol. The van der Waals surface area contributed by atoms with Crippen molar-refractivity contribution < 1.29 is 29.3 Å². The lowest BCUT2D eigenvalue weighted by molar-refractivity contribution is 0.0685. The first-order chi connectivity index (χ1) is 13.7. The Morgan fingerprint density at radius 3 is 1.52 bits per heavy atom. The molecule has 0 heterocycles. The van der Waals surface area contributed by atoms with Gasteiger partial charge in [-0.05, 0) is 47.5 Å². The summed E-state index contributed by atoms with van der Waals surface area (Å²) in [5, 5.41) is 18.9. The number of aromatic carboxylic acids is 2. The number of benzene rings is 2. The van der Waals surface area contributed by atoms with Gasteiger partial charge in [-0.1, -0.05) is 25.7 Å². The molecule has 0 aliphatic heterocycles. The highest BCUT2D eigenvalue weighted by Gasteiger charge is 2.27. The van der Waals surface area contributed by atoms with Gasteiger partial charge in [0.15, 0.2) is 0 Å². The zero-order valence-electron chi connectivity index (χ0n) is 16.1. The number of carboxylic acids is 2. The fourth-order valence-electron chi connectivity index (χ4n) is 2.75. The van der Waals surface area contributed by atoms with Crippen LogP contribution in [0.1, 0.15) is 45.7 Å². The Balaban J connectivity index is 2.61. The first-order valence-corrected chi connectivity index (χ1v) is 8.59. The summed E-state index contributed by atoms with van der Waals surface area (Å²) in [6.07, 6.45) is 10.4. The second-order valence-electron chi connectivity index (χ2n) is 6.71. The molecule has 2 rings (SSSR count). The standard InChI is InChI=1S/C23H20O6/c1-5-7-28-19-11-15(21(24)25)9-17(13-19)23(3,4)18-10-16(22(26)27)12-20(14-18)29-8-6-2/h1-2,9-14H,7-8H2,3-4H3,(H,24,25)(H,26,27). The van der Waals surface area contributed by atoms with E-state index in [-0.39, 0.29) is 24.3 Å². The molecule has 2 aromatic rings. The van der Waals surface area contributed by atoms with Gasteiger partial charge in [-0.15, -0.1) is 12.8 Å². The third-order valence-electron chi connectivity index (χ3n) is 4.39. The van der Waals surface area contributed by atoms with E-state index in [1.165, 1.54) is 24.3 Å². The van der Waals surface area contributed by atoms with Crippen LogP contribution in [0.5, 0.6) is 11.5 Å². The van der Waals surface area contributed by atoms with Crippen LogP contribution in [-0.2, 0) is 5.41 Å². The summed E-state index contributed by atoms with van der Waals surface area (Å²) in [4.78, 5) is 23.1. The smallest absolute Gasteiger partial charge is 0.335 e. The predicted octanol–water partition coefficient (Wildman–Crippen LogP) is 3.43. The van der Waals surface area contributed by atoms with Crippen LogP contribution >= 0.6 is 0 Å². The number of hydrogen-bond donors (Lipinski definition) is 2. The Morgan fingerprint density at radius 1 is 0.828 bits per heavy atom. The first-order valence-electron chi connectivity index (χ1n) is 8.59. The molecule has 148 valence electrons. The van der Waals surface area contributed by atoms with Crippen LogP contribution in [0.2, 0.25) is 0 Å². The van der Waals surface area contributed by atoms with E-state index >= 15 is 0 Å². The van der Waals surface area contributed by atoms with E-state index in [0.29, 0.717) is 22.6 Å². The molecule has 6 nitrogen and oxygen atoms in total. The Morgan fingerprint density at radius 2 is 1.21 bits per heavy atom.